The zero-order chi connectivity index (χ0) is 18.2. The quantitative estimate of drug-likeness (QED) is 0.833. The van der Waals surface area contributed by atoms with Gasteiger partial charge in [-0.15, -0.1) is 0 Å². The molecular formula is C19H27N3O3. The van der Waals surface area contributed by atoms with Crippen molar-refractivity contribution in [2.24, 2.45) is 0 Å². The summed E-state index contributed by atoms with van der Waals surface area (Å²) in [5.74, 6) is -0.105. The molecule has 136 valence electrons. The molecule has 1 aliphatic rings. The van der Waals surface area contributed by atoms with Gasteiger partial charge in [0.15, 0.2) is 0 Å². The highest BCUT2D eigenvalue weighted by atomic mass is 16.6. The van der Waals surface area contributed by atoms with Crippen LogP contribution in [0.5, 0.6) is 0 Å². The average Bonchev–Trinajstić information content (AvgIpc) is 2.61. The van der Waals surface area contributed by atoms with Gasteiger partial charge >= 0.3 is 6.09 Å². The second-order valence-electron chi connectivity index (χ2n) is 6.29. The van der Waals surface area contributed by atoms with Crippen LogP contribution in [0.25, 0.3) is 6.08 Å². The lowest BCUT2D eigenvalue weighted by molar-refractivity contribution is -0.117. The molecule has 0 aromatic heterocycles. The molecule has 0 unspecified atom stereocenters. The Hall–Kier alpha value is -2.50. The first kappa shape index (κ1) is 18.8. The van der Waals surface area contributed by atoms with Crippen molar-refractivity contribution >= 4 is 23.8 Å². The number of nitrogens with zero attached hydrogens (tertiary/aromatic N) is 2. The number of ether oxygens (including phenoxy) is 1. The molecule has 0 bridgehead atoms. The summed E-state index contributed by atoms with van der Waals surface area (Å²) in [7, 11) is 3.98. The van der Waals surface area contributed by atoms with E-state index in [9.17, 15) is 9.59 Å². The molecule has 0 spiro atoms. The third-order valence-corrected chi connectivity index (χ3v) is 4.20. The monoisotopic (exact) mass is 345 g/mol. The summed E-state index contributed by atoms with van der Waals surface area (Å²) < 4.78 is 4.99. The number of hydrogen-bond acceptors (Lipinski definition) is 4. The van der Waals surface area contributed by atoms with Crippen molar-refractivity contribution < 1.29 is 14.3 Å². The maximum Gasteiger partial charge on any atom is 0.409 e. The fourth-order valence-electron chi connectivity index (χ4n) is 2.73. The Morgan fingerprint density at radius 1 is 1.24 bits per heavy atom. The molecule has 0 saturated carbocycles. The van der Waals surface area contributed by atoms with E-state index in [0.717, 1.165) is 24.1 Å². The Morgan fingerprint density at radius 2 is 1.88 bits per heavy atom. The molecule has 1 aliphatic heterocycles. The zero-order valence-electron chi connectivity index (χ0n) is 15.2. The number of hydrogen-bond donors (Lipinski definition) is 1. The highest BCUT2D eigenvalue weighted by Crippen LogP contribution is 2.14. The molecule has 6 heteroatoms. The van der Waals surface area contributed by atoms with E-state index >= 15 is 0 Å². The van der Waals surface area contributed by atoms with Gasteiger partial charge in [-0.05, 0) is 43.5 Å². The van der Waals surface area contributed by atoms with E-state index in [1.165, 1.54) is 0 Å². The van der Waals surface area contributed by atoms with Gasteiger partial charge in [0.25, 0.3) is 0 Å². The number of nitrogens with one attached hydrogen (secondary N) is 1. The van der Waals surface area contributed by atoms with Gasteiger partial charge in [0.2, 0.25) is 5.91 Å². The molecular weight excluding hydrogens is 318 g/mol. The van der Waals surface area contributed by atoms with Crippen LogP contribution in [0.3, 0.4) is 0 Å². The molecule has 1 fully saturated rings. The van der Waals surface area contributed by atoms with Gasteiger partial charge in [0.1, 0.15) is 0 Å². The minimum absolute atomic E-state index is 0.0962. The van der Waals surface area contributed by atoms with E-state index < -0.39 is 0 Å². The predicted octanol–water partition coefficient (Wildman–Crippen LogP) is 2.50. The topological polar surface area (TPSA) is 61.9 Å². The fourth-order valence-corrected chi connectivity index (χ4v) is 2.73. The summed E-state index contributed by atoms with van der Waals surface area (Å²) in [5.41, 5.74) is 2.10. The zero-order valence-corrected chi connectivity index (χ0v) is 15.2. The third kappa shape index (κ3) is 5.81. The molecule has 2 amide bonds. The number of benzene rings is 1. The van der Waals surface area contributed by atoms with Gasteiger partial charge in [-0.3, -0.25) is 4.79 Å². The first-order valence-corrected chi connectivity index (χ1v) is 8.67. The van der Waals surface area contributed by atoms with Crippen LogP contribution < -0.4 is 10.2 Å². The van der Waals surface area contributed by atoms with E-state index in [4.69, 9.17) is 4.74 Å². The Balaban J connectivity index is 1.78. The van der Waals surface area contributed by atoms with Gasteiger partial charge < -0.3 is 19.9 Å². The maximum absolute atomic E-state index is 12.1. The molecule has 0 atom stereocenters. The van der Waals surface area contributed by atoms with Gasteiger partial charge in [-0.25, -0.2) is 4.79 Å². The second kappa shape index (κ2) is 9.11. The van der Waals surface area contributed by atoms with Crippen LogP contribution in [-0.2, 0) is 9.53 Å². The molecule has 1 aromatic rings. The smallest absolute Gasteiger partial charge is 0.409 e. The number of carbonyl (C=O) groups is 2. The molecule has 1 N–H and O–H groups in total. The summed E-state index contributed by atoms with van der Waals surface area (Å²) in [5, 5.41) is 3.00. The number of piperidine rings is 1. The van der Waals surface area contributed by atoms with Crippen LogP contribution in [0.4, 0.5) is 10.5 Å². The normalized spacial score (nSPS) is 15.2. The summed E-state index contributed by atoms with van der Waals surface area (Å²) in [6, 6.07) is 8.10. The molecule has 2 rings (SSSR count). The lowest BCUT2D eigenvalue weighted by atomic mass is 10.1. The second-order valence-corrected chi connectivity index (χ2v) is 6.29. The lowest BCUT2D eigenvalue weighted by Gasteiger charge is -2.31. The van der Waals surface area contributed by atoms with Crippen LogP contribution in [-0.4, -0.2) is 56.7 Å². The van der Waals surface area contributed by atoms with Crippen molar-refractivity contribution in [3.8, 4) is 0 Å². The summed E-state index contributed by atoms with van der Waals surface area (Å²) in [4.78, 5) is 27.4. The first-order chi connectivity index (χ1) is 12.0. The fraction of sp³-hybridized carbons (Fsp3) is 0.474. The Morgan fingerprint density at radius 3 is 2.44 bits per heavy atom. The van der Waals surface area contributed by atoms with Gasteiger partial charge in [0.05, 0.1) is 6.61 Å². The highest BCUT2D eigenvalue weighted by molar-refractivity contribution is 5.92. The lowest BCUT2D eigenvalue weighted by Crippen LogP contribution is -2.46. The van der Waals surface area contributed by atoms with Gasteiger partial charge in [-0.1, -0.05) is 12.1 Å². The molecule has 6 nitrogen and oxygen atoms in total. The van der Waals surface area contributed by atoms with Crippen molar-refractivity contribution in [1.29, 1.82) is 0 Å². The third-order valence-electron chi connectivity index (χ3n) is 4.20. The van der Waals surface area contributed by atoms with Crippen molar-refractivity contribution in [2.75, 3.05) is 38.7 Å². The standard InChI is InChI=1S/C19H27N3O3/c1-4-25-19(24)22-13-11-16(12-14-22)20-18(23)10-7-15-5-8-17(9-6-15)21(2)3/h5-10,16H,4,11-14H2,1-3H3,(H,20,23)/b10-7+. The minimum atomic E-state index is -0.270. The Labute approximate surface area is 149 Å². The number of rotatable bonds is 5. The van der Waals surface area contributed by atoms with Gasteiger partial charge in [0, 0.05) is 45.0 Å². The number of likely N-dealkylation sites (tertiary alicyclic amines) is 1. The Kier molecular flexibility index (Phi) is 6.86. The largest absolute Gasteiger partial charge is 0.450 e. The predicted molar refractivity (Wildman–Crippen MR) is 99.6 cm³/mol. The Bertz CT molecular complexity index is 603. The van der Waals surface area contributed by atoms with Crippen LogP contribution in [0.1, 0.15) is 25.3 Å². The maximum atomic E-state index is 12.1. The van der Waals surface area contributed by atoms with Gasteiger partial charge in [-0.2, -0.15) is 0 Å². The molecule has 1 saturated heterocycles. The minimum Gasteiger partial charge on any atom is -0.450 e. The van der Waals surface area contributed by atoms with E-state index in [2.05, 4.69) is 5.32 Å². The number of anilines is 1. The van der Waals surface area contributed by atoms with Crippen LogP contribution >= 0.6 is 0 Å². The van der Waals surface area contributed by atoms with Crippen LogP contribution in [0.15, 0.2) is 30.3 Å². The summed E-state index contributed by atoms with van der Waals surface area (Å²) in [6.07, 6.45) is 4.59. The average molecular weight is 345 g/mol. The van der Waals surface area contributed by atoms with Crippen molar-refractivity contribution in [1.82, 2.24) is 10.2 Å². The molecule has 1 aromatic carbocycles. The van der Waals surface area contributed by atoms with E-state index in [0.29, 0.717) is 19.7 Å². The highest BCUT2D eigenvalue weighted by Gasteiger charge is 2.23. The van der Waals surface area contributed by atoms with E-state index in [-0.39, 0.29) is 18.0 Å². The van der Waals surface area contributed by atoms with Crippen molar-refractivity contribution in [2.45, 2.75) is 25.8 Å². The number of carbonyl (C=O) groups excluding carboxylic acids is 2. The molecule has 0 aliphatic carbocycles. The molecule has 1 heterocycles. The molecule has 25 heavy (non-hydrogen) atoms. The van der Waals surface area contributed by atoms with Crippen molar-refractivity contribution in [3.05, 3.63) is 35.9 Å². The van der Waals surface area contributed by atoms with E-state index in [1.807, 2.05) is 49.3 Å². The summed E-state index contributed by atoms with van der Waals surface area (Å²) >= 11 is 0. The first-order valence-electron chi connectivity index (χ1n) is 8.67. The summed E-state index contributed by atoms with van der Waals surface area (Å²) in [6.45, 7) is 3.40. The molecule has 0 radical (unpaired) electrons. The van der Waals surface area contributed by atoms with Crippen LogP contribution in [0, 0.1) is 0 Å². The van der Waals surface area contributed by atoms with Crippen molar-refractivity contribution in [3.63, 3.8) is 0 Å². The SMILES string of the molecule is CCOC(=O)N1CCC(NC(=O)/C=C/c2ccc(N(C)C)cc2)CC1. The number of amides is 2. The van der Waals surface area contributed by atoms with E-state index in [1.54, 1.807) is 17.9 Å². The van der Waals surface area contributed by atoms with Crippen LogP contribution in [0.2, 0.25) is 0 Å².